The zero-order valence-corrected chi connectivity index (χ0v) is 31.1. The maximum absolute atomic E-state index is 14.2. The van der Waals surface area contributed by atoms with Crippen LogP contribution >= 0.6 is 0 Å². The van der Waals surface area contributed by atoms with Gasteiger partial charge < -0.3 is 34.0 Å². The standard InChI is InChI=1S/C40H49F2N7O5/c1-24-6-9-30-29(20-43-49(30)32-5-3-4-18-52-32)33(24)34-27(25-7-8-25)19-28-35(36(34)53-21-31(41)42)44-38(54-26-10-14-46(2)15-11-26)45-37(28)47-16-12-40(13-17-47)22-48(23-40)39(50)51/h6,9,19-20,25-26,31-32H,3-5,7-8,10-18,21-23H2,1-2H3,(H,50,51). The molecule has 0 bridgehead atoms. The van der Waals surface area contributed by atoms with E-state index in [2.05, 4.69) is 42.0 Å². The summed E-state index contributed by atoms with van der Waals surface area (Å²) < 4.78 is 49.3. The van der Waals surface area contributed by atoms with Crippen LogP contribution in [0.25, 0.3) is 32.9 Å². The van der Waals surface area contributed by atoms with Crippen LogP contribution in [-0.2, 0) is 4.74 Å². The number of carbonyl (C=O) groups is 1. The first kappa shape index (κ1) is 35.4. The minimum Gasteiger partial charge on any atom is -0.485 e. The summed E-state index contributed by atoms with van der Waals surface area (Å²) in [6, 6.07) is 6.55. The highest BCUT2D eigenvalue weighted by molar-refractivity contribution is 6.06. The van der Waals surface area contributed by atoms with E-state index in [1.807, 2.05) is 10.9 Å². The number of carboxylic acid groups (broad SMARTS) is 1. The highest BCUT2D eigenvalue weighted by atomic mass is 19.3. The largest absolute Gasteiger partial charge is 0.485 e. The average molecular weight is 746 g/mol. The lowest BCUT2D eigenvalue weighted by molar-refractivity contribution is -0.0366. The van der Waals surface area contributed by atoms with Crippen molar-refractivity contribution in [3.63, 3.8) is 0 Å². The molecule has 54 heavy (non-hydrogen) atoms. The lowest BCUT2D eigenvalue weighted by Gasteiger charge is -2.53. The van der Waals surface area contributed by atoms with Gasteiger partial charge in [0.05, 0.1) is 11.7 Å². The van der Waals surface area contributed by atoms with Crippen LogP contribution in [0.1, 0.15) is 81.1 Å². The normalized spacial score (nSPS) is 22.4. The third kappa shape index (κ3) is 6.58. The van der Waals surface area contributed by atoms with E-state index in [9.17, 15) is 18.7 Å². The van der Waals surface area contributed by atoms with Gasteiger partial charge in [-0.2, -0.15) is 15.1 Å². The molecule has 2 aromatic heterocycles. The second-order valence-corrected chi connectivity index (χ2v) is 16.2. The maximum atomic E-state index is 14.2. The van der Waals surface area contributed by atoms with E-state index in [1.165, 1.54) is 4.90 Å². The third-order valence-corrected chi connectivity index (χ3v) is 12.4. The van der Waals surface area contributed by atoms with Gasteiger partial charge in [0, 0.05) is 67.6 Å². The Kier molecular flexibility index (Phi) is 9.23. The number of likely N-dealkylation sites (tertiary alicyclic amines) is 2. The van der Waals surface area contributed by atoms with Crippen molar-refractivity contribution in [1.29, 1.82) is 0 Å². The van der Waals surface area contributed by atoms with Crippen LogP contribution < -0.4 is 14.4 Å². The van der Waals surface area contributed by atoms with Gasteiger partial charge >= 0.3 is 12.1 Å². The van der Waals surface area contributed by atoms with Crippen molar-refractivity contribution >= 4 is 33.7 Å². The molecule has 1 N–H and O–H groups in total. The molecule has 288 valence electrons. The molecule has 4 aromatic rings. The topological polar surface area (TPSA) is 118 Å². The number of halogens is 2. The molecule has 1 atom stereocenters. The molecule has 5 aliphatic rings. The van der Waals surface area contributed by atoms with Gasteiger partial charge in [0.2, 0.25) is 0 Å². The number of alkyl halides is 2. The summed E-state index contributed by atoms with van der Waals surface area (Å²) >= 11 is 0. The molecule has 5 fully saturated rings. The zero-order chi connectivity index (χ0) is 37.1. The van der Waals surface area contributed by atoms with Gasteiger partial charge in [-0.3, -0.25) is 0 Å². The molecule has 4 saturated heterocycles. The molecule has 1 unspecified atom stereocenters. The first-order valence-corrected chi connectivity index (χ1v) is 19.6. The summed E-state index contributed by atoms with van der Waals surface area (Å²) in [6.45, 7) is 6.20. The molecular weight excluding hydrogens is 696 g/mol. The number of rotatable bonds is 9. The van der Waals surface area contributed by atoms with Gasteiger partial charge in [-0.1, -0.05) is 6.07 Å². The fourth-order valence-electron chi connectivity index (χ4n) is 9.14. The number of nitrogens with zero attached hydrogens (tertiary/aromatic N) is 7. The second kappa shape index (κ2) is 14.1. The lowest BCUT2D eigenvalue weighted by atomic mass is 9.72. The summed E-state index contributed by atoms with van der Waals surface area (Å²) in [5.41, 5.74) is 5.09. The molecule has 12 nitrogen and oxygen atoms in total. The summed E-state index contributed by atoms with van der Waals surface area (Å²) in [5, 5.41) is 16.0. The smallest absolute Gasteiger partial charge is 0.407 e. The third-order valence-electron chi connectivity index (χ3n) is 12.4. The number of benzene rings is 2. The Labute approximate surface area is 313 Å². The molecule has 9 rings (SSSR count). The number of aromatic nitrogens is 4. The molecule has 0 radical (unpaired) electrons. The van der Waals surface area contributed by atoms with Gasteiger partial charge in [0.25, 0.3) is 6.43 Å². The van der Waals surface area contributed by atoms with Crippen LogP contribution in [0.15, 0.2) is 24.4 Å². The van der Waals surface area contributed by atoms with Crippen LogP contribution in [0.4, 0.5) is 19.4 Å². The van der Waals surface area contributed by atoms with E-state index >= 15 is 0 Å². The lowest BCUT2D eigenvalue weighted by Crippen LogP contribution is -2.61. The van der Waals surface area contributed by atoms with Gasteiger partial charge in [0.1, 0.15) is 24.0 Å². The number of hydrogen-bond acceptors (Lipinski definition) is 9. The number of hydrogen-bond donors (Lipinski definition) is 1. The van der Waals surface area contributed by atoms with Crippen molar-refractivity contribution in [3.8, 4) is 22.9 Å². The minimum absolute atomic E-state index is 0.0353. The van der Waals surface area contributed by atoms with E-state index in [4.69, 9.17) is 29.3 Å². The SMILES string of the molecule is Cc1ccc2c(cnn2C2CCCCO2)c1-c1c(C2CC2)cc2c(N3CCC4(CC3)CN(C(=O)O)C4)nc(OC3CCN(C)CC3)nc2c1OCC(F)F. The van der Waals surface area contributed by atoms with Gasteiger partial charge in [-0.05, 0) is 106 Å². The van der Waals surface area contributed by atoms with Crippen LogP contribution in [0.2, 0.25) is 0 Å². The number of ether oxygens (including phenoxy) is 3. The first-order chi connectivity index (χ1) is 26.2. The molecule has 1 saturated carbocycles. The van der Waals surface area contributed by atoms with Gasteiger partial charge in [-0.15, -0.1) is 0 Å². The number of piperidine rings is 2. The Morgan fingerprint density at radius 1 is 1.02 bits per heavy atom. The van der Waals surface area contributed by atoms with Crippen molar-refractivity contribution < 1.29 is 32.9 Å². The molecule has 6 heterocycles. The minimum atomic E-state index is -2.69. The highest BCUT2D eigenvalue weighted by Crippen LogP contribution is 2.53. The van der Waals surface area contributed by atoms with E-state index in [0.29, 0.717) is 49.9 Å². The summed E-state index contributed by atoms with van der Waals surface area (Å²) in [7, 11) is 2.10. The van der Waals surface area contributed by atoms with Crippen molar-refractivity contribution in [3.05, 3.63) is 35.5 Å². The Morgan fingerprint density at radius 3 is 2.48 bits per heavy atom. The van der Waals surface area contributed by atoms with Gasteiger partial charge in [0.15, 0.2) is 12.0 Å². The van der Waals surface area contributed by atoms with Crippen LogP contribution in [0.3, 0.4) is 0 Å². The Morgan fingerprint density at radius 2 is 1.80 bits per heavy atom. The van der Waals surface area contributed by atoms with Crippen LogP contribution in [0.5, 0.6) is 11.8 Å². The summed E-state index contributed by atoms with van der Waals surface area (Å²) in [4.78, 5) is 27.7. The molecule has 1 aliphatic carbocycles. The summed E-state index contributed by atoms with van der Waals surface area (Å²) in [6.07, 6.45) is 6.32. The van der Waals surface area contributed by atoms with Gasteiger partial charge in [-0.25, -0.2) is 18.3 Å². The monoisotopic (exact) mass is 745 g/mol. The Bertz CT molecular complexity index is 2040. The van der Waals surface area contributed by atoms with E-state index in [1.54, 1.807) is 0 Å². The number of aryl methyl sites for hydroxylation is 1. The predicted octanol–water partition coefficient (Wildman–Crippen LogP) is 7.23. The predicted molar refractivity (Wildman–Crippen MR) is 200 cm³/mol. The van der Waals surface area contributed by atoms with Crippen LogP contribution in [0, 0.1) is 12.3 Å². The fourth-order valence-corrected chi connectivity index (χ4v) is 9.14. The molecule has 4 aliphatic heterocycles. The maximum Gasteiger partial charge on any atom is 0.407 e. The van der Waals surface area contributed by atoms with Crippen molar-refractivity contribution in [2.75, 3.05) is 64.4 Å². The highest BCUT2D eigenvalue weighted by Gasteiger charge is 2.47. The fraction of sp³-hybridized carbons (Fsp3) is 0.600. The molecule has 2 aromatic carbocycles. The summed E-state index contributed by atoms with van der Waals surface area (Å²) in [5.74, 6) is 1.27. The zero-order valence-electron chi connectivity index (χ0n) is 31.1. The molecule has 14 heteroatoms. The Balaban J connectivity index is 1.21. The van der Waals surface area contributed by atoms with E-state index < -0.39 is 19.1 Å². The first-order valence-electron chi connectivity index (χ1n) is 19.6. The van der Waals surface area contributed by atoms with E-state index in [-0.39, 0.29) is 29.7 Å². The molecule has 1 spiro atoms. The molecule has 1 amide bonds. The van der Waals surface area contributed by atoms with Crippen LogP contribution in [-0.4, -0.2) is 113 Å². The van der Waals surface area contributed by atoms with Crippen molar-refractivity contribution in [2.24, 2.45) is 5.41 Å². The number of fused-ring (bicyclic) bond motifs is 2. The number of anilines is 1. The van der Waals surface area contributed by atoms with Crippen molar-refractivity contribution in [1.82, 2.24) is 29.5 Å². The van der Waals surface area contributed by atoms with E-state index in [0.717, 1.165) is 109 Å². The quantitative estimate of drug-likeness (QED) is 0.188. The molecular formula is C40H49F2N7O5. The second-order valence-electron chi connectivity index (χ2n) is 16.2. The average Bonchev–Trinajstić information content (AvgIpc) is 3.92. The Hall–Kier alpha value is -4.30. The number of amides is 1. The van der Waals surface area contributed by atoms with Crippen molar-refractivity contribution in [2.45, 2.75) is 89.4 Å².